The molecule has 0 saturated carbocycles. The summed E-state index contributed by atoms with van der Waals surface area (Å²) in [4.78, 5) is 17.2. The topological polar surface area (TPSA) is 68.0 Å². The van der Waals surface area contributed by atoms with Crippen LogP contribution in [0.5, 0.6) is 0 Å². The lowest BCUT2D eigenvalue weighted by molar-refractivity contribution is 1.10. The summed E-state index contributed by atoms with van der Waals surface area (Å²) >= 11 is 0. The summed E-state index contributed by atoms with van der Waals surface area (Å²) in [6, 6.07) is 11.7. The second kappa shape index (κ2) is 5.25. The molecule has 0 bridgehead atoms. The summed E-state index contributed by atoms with van der Waals surface area (Å²) in [6.45, 7) is 0. The van der Waals surface area contributed by atoms with Crippen LogP contribution in [0.2, 0.25) is 0 Å². The Morgan fingerprint density at radius 3 is 2.73 bits per heavy atom. The molecule has 0 aliphatic rings. The third kappa shape index (κ3) is 2.26. The van der Waals surface area contributed by atoms with Gasteiger partial charge in [0.1, 0.15) is 0 Å². The first-order chi connectivity index (χ1) is 10.9. The van der Waals surface area contributed by atoms with E-state index in [2.05, 4.69) is 25.3 Å². The van der Waals surface area contributed by atoms with Crippen LogP contribution < -0.4 is 5.32 Å². The molecule has 0 atom stereocenters. The minimum atomic E-state index is 0.549. The molecule has 0 spiro atoms. The first-order valence-electron chi connectivity index (χ1n) is 6.83. The number of anilines is 2. The summed E-state index contributed by atoms with van der Waals surface area (Å²) in [6.07, 6.45) is 8.82. The van der Waals surface area contributed by atoms with E-state index in [1.807, 2.05) is 47.0 Å². The number of hydrogen-bond donors (Lipinski definition) is 1. The van der Waals surface area contributed by atoms with Crippen LogP contribution >= 0.6 is 0 Å². The molecule has 22 heavy (non-hydrogen) atoms. The molecule has 0 unspecified atom stereocenters. The Morgan fingerprint density at radius 1 is 0.909 bits per heavy atom. The fourth-order valence-electron chi connectivity index (χ4n) is 2.24. The number of para-hydroxylation sites is 1. The van der Waals surface area contributed by atoms with Crippen LogP contribution in [0.4, 0.5) is 11.6 Å². The van der Waals surface area contributed by atoms with Gasteiger partial charge >= 0.3 is 0 Å². The number of aromatic nitrogens is 5. The second-order valence-corrected chi connectivity index (χ2v) is 4.70. The largest absolute Gasteiger partial charge is 0.324 e. The van der Waals surface area contributed by atoms with E-state index in [9.17, 15) is 0 Å². The summed E-state index contributed by atoms with van der Waals surface area (Å²) in [5, 5.41) is 3.19. The zero-order valence-corrected chi connectivity index (χ0v) is 11.6. The Balaban J connectivity index is 1.73. The van der Waals surface area contributed by atoms with Gasteiger partial charge in [0, 0.05) is 24.3 Å². The maximum absolute atomic E-state index is 4.56. The lowest BCUT2D eigenvalue weighted by Gasteiger charge is -2.06. The second-order valence-electron chi connectivity index (χ2n) is 4.70. The Labute approximate surface area is 126 Å². The lowest BCUT2D eigenvalue weighted by atomic mass is 10.3. The maximum atomic E-state index is 4.56. The van der Waals surface area contributed by atoms with Crippen molar-refractivity contribution in [2.75, 3.05) is 5.32 Å². The van der Waals surface area contributed by atoms with Crippen molar-refractivity contribution in [3.63, 3.8) is 0 Å². The fraction of sp³-hybridized carbons (Fsp3) is 0. The molecule has 3 aromatic heterocycles. The van der Waals surface area contributed by atoms with Crippen LogP contribution in [0.25, 0.3) is 17.0 Å². The summed E-state index contributed by atoms with van der Waals surface area (Å²) in [5.74, 6) is 0.549. The molecule has 6 heteroatoms. The van der Waals surface area contributed by atoms with Crippen molar-refractivity contribution in [3.05, 3.63) is 67.4 Å². The molecule has 1 aromatic carbocycles. The highest BCUT2D eigenvalue weighted by Gasteiger charge is 2.08. The zero-order chi connectivity index (χ0) is 14.8. The van der Waals surface area contributed by atoms with E-state index in [1.165, 1.54) is 0 Å². The highest BCUT2D eigenvalue weighted by atomic mass is 15.1. The van der Waals surface area contributed by atoms with Crippen LogP contribution in [0.1, 0.15) is 0 Å². The molecular formula is C16H12N6. The van der Waals surface area contributed by atoms with Crippen molar-refractivity contribution >= 4 is 17.3 Å². The quantitative estimate of drug-likeness (QED) is 0.627. The van der Waals surface area contributed by atoms with Gasteiger partial charge in [-0.1, -0.05) is 18.2 Å². The van der Waals surface area contributed by atoms with Crippen LogP contribution in [-0.2, 0) is 0 Å². The SMILES string of the molecule is c1ccc(Nc2nccc(-c3cnc4cnccn34)n2)cc1. The predicted octanol–water partition coefficient (Wildman–Crippen LogP) is 2.93. The standard InChI is InChI=1S/C16H12N6/c1-2-4-12(5-3-1)20-16-18-7-6-13(21-16)14-10-19-15-11-17-8-9-22(14)15/h1-11H,(H,18,20,21). The summed E-state index contributed by atoms with van der Waals surface area (Å²) in [5.41, 5.74) is 3.43. The van der Waals surface area contributed by atoms with Gasteiger partial charge < -0.3 is 5.32 Å². The Morgan fingerprint density at radius 2 is 1.82 bits per heavy atom. The number of nitrogens with zero attached hydrogens (tertiary/aromatic N) is 5. The van der Waals surface area contributed by atoms with Crippen molar-refractivity contribution in [1.82, 2.24) is 24.3 Å². The minimum Gasteiger partial charge on any atom is -0.324 e. The van der Waals surface area contributed by atoms with Crippen LogP contribution in [0.3, 0.4) is 0 Å². The average molecular weight is 288 g/mol. The molecule has 0 amide bonds. The number of benzene rings is 1. The fourth-order valence-corrected chi connectivity index (χ4v) is 2.24. The Kier molecular flexibility index (Phi) is 2.97. The van der Waals surface area contributed by atoms with Gasteiger partial charge in [-0.25, -0.2) is 15.0 Å². The van der Waals surface area contributed by atoms with Crippen molar-refractivity contribution in [1.29, 1.82) is 0 Å². The van der Waals surface area contributed by atoms with Crippen LogP contribution in [-0.4, -0.2) is 24.3 Å². The smallest absolute Gasteiger partial charge is 0.227 e. The number of fused-ring (bicyclic) bond motifs is 1. The van der Waals surface area contributed by atoms with Gasteiger partial charge in [0.15, 0.2) is 5.65 Å². The van der Waals surface area contributed by atoms with Gasteiger partial charge in [0.25, 0.3) is 0 Å². The van der Waals surface area contributed by atoms with E-state index in [-0.39, 0.29) is 0 Å². The van der Waals surface area contributed by atoms with E-state index >= 15 is 0 Å². The third-order valence-electron chi connectivity index (χ3n) is 3.27. The van der Waals surface area contributed by atoms with Gasteiger partial charge in [0.05, 0.1) is 23.8 Å². The van der Waals surface area contributed by atoms with Crippen molar-refractivity contribution < 1.29 is 0 Å². The molecule has 4 rings (SSSR count). The molecular weight excluding hydrogens is 276 g/mol. The zero-order valence-electron chi connectivity index (χ0n) is 11.6. The molecule has 0 aliphatic heterocycles. The van der Waals surface area contributed by atoms with Gasteiger partial charge in [0.2, 0.25) is 5.95 Å². The van der Waals surface area contributed by atoms with E-state index < -0.39 is 0 Å². The van der Waals surface area contributed by atoms with Gasteiger partial charge in [-0.15, -0.1) is 0 Å². The van der Waals surface area contributed by atoms with Crippen molar-refractivity contribution in [3.8, 4) is 11.4 Å². The minimum absolute atomic E-state index is 0.549. The molecule has 0 radical (unpaired) electrons. The number of rotatable bonds is 3. The van der Waals surface area contributed by atoms with E-state index in [0.29, 0.717) is 5.95 Å². The van der Waals surface area contributed by atoms with Gasteiger partial charge in [-0.05, 0) is 18.2 Å². The molecule has 3 heterocycles. The monoisotopic (exact) mass is 288 g/mol. The summed E-state index contributed by atoms with van der Waals surface area (Å²) in [7, 11) is 0. The first kappa shape index (κ1) is 12.5. The van der Waals surface area contributed by atoms with Crippen LogP contribution in [0, 0.1) is 0 Å². The highest BCUT2D eigenvalue weighted by molar-refractivity contribution is 5.62. The summed E-state index contributed by atoms with van der Waals surface area (Å²) < 4.78 is 1.95. The third-order valence-corrected chi connectivity index (χ3v) is 3.27. The molecule has 6 nitrogen and oxygen atoms in total. The Hall–Kier alpha value is -3.28. The maximum Gasteiger partial charge on any atom is 0.227 e. The molecule has 4 aromatic rings. The van der Waals surface area contributed by atoms with Gasteiger partial charge in [-0.2, -0.15) is 0 Å². The number of imidazole rings is 1. The molecule has 1 N–H and O–H groups in total. The van der Waals surface area contributed by atoms with Crippen LogP contribution in [0.15, 0.2) is 67.4 Å². The van der Waals surface area contributed by atoms with E-state index in [4.69, 9.17) is 0 Å². The first-order valence-corrected chi connectivity index (χ1v) is 6.83. The Bertz CT molecular complexity index is 916. The van der Waals surface area contributed by atoms with E-state index in [1.54, 1.807) is 24.8 Å². The van der Waals surface area contributed by atoms with Crippen molar-refractivity contribution in [2.24, 2.45) is 0 Å². The van der Waals surface area contributed by atoms with Gasteiger partial charge in [-0.3, -0.25) is 9.38 Å². The molecule has 0 aliphatic carbocycles. The molecule has 0 fully saturated rings. The lowest BCUT2D eigenvalue weighted by Crippen LogP contribution is -1.98. The number of nitrogens with one attached hydrogen (secondary N) is 1. The normalized spacial score (nSPS) is 10.7. The number of hydrogen-bond acceptors (Lipinski definition) is 5. The highest BCUT2D eigenvalue weighted by Crippen LogP contribution is 2.20. The predicted molar refractivity (Wildman–Crippen MR) is 83.7 cm³/mol. The molecule has 0 saturated heterocycles. The van der Waals surface area contributed by atoms with Crippen molar-refractivity contribution in [2.45, 2.75) is 0 Å². The molecule has 106 valence electrons. The average Bonchev–Trinajstić information content (AvgIpc) is 3.00. The van der Waals surface area contributed by atoms with E-state index in [0.717, 1.165) is 22.7 Å².